The largest absolute Gasteiger partial charge is 0.495 e. The van der Waals surface area contributed by atoms with E-state index in [1.54, 1.807) is 19.2 Å². The van der Waals surface area contributed by atoms with Crippen LogP contribution < -0.4 is 10.1 Å². The predicted molar refractivity (Wildman–Crippen MR) is 76.9 cm³/mol. The first-order valence-electron chi connectivity index (χ1n) is 6.15. The van der Waals surface area contributed by atoms with Gasteiger partial charge in [0.1, 0.15) is 11.8 Å². The quantitative estimate of drug-likeness (QED) is 0.814. The molecule has 106 valence electrons. The van der Waals surface area contributed by atoms with E-state index in [4.69, 9.17) is 21.1 Å². The second kappa shape index (κ2) is 7.24. The highest BCUT2D eigenvalue weighted by molar-refractivity contribution is 6.32. The number of hydrogen-bond acceptors (Lipinski definition) is 4. The molecular weight excluding hydrogens is 266 g/mol. The molecule has 0 radical (unpaired) electrons. The molecule has 0 aliphatic rings. The van der Waals surface area contributed by atoms with Crippen molar-refractivity contribution in [2.45, 2.75) is 26.3 Å². The number of benzene rings is 1. The van der Waals surface area contributed by atoms with Gasteiger partial charge in [-0.25, -0.2) is 4.79 Å². The number of hydrogen-bond donors (Lipinski definition) is 1. The van der Waals surface area contributed by atoms with Gasteiger partial charge in [0.2, 0.25) is 0 Å². The number of carbonyl (C=O) groups is 1. The SMILES string of the molecule is COC(=O)[C@@H](CC(C)C)Nc1ccc(OC)c(Cl)c1. The summed E-state index contributed by atoms with van der Waals surface area (Å²) in [7, 11) is 2.95. The van der Waals surface area contributed by atoms with Crippen LogP contribution in [-0.2, 0) is 9.53 Å². The Bertz CT molecular complexity index is 435. The van der Waals surface area contributed by atoms with Crippen molar-refractivity contribution in [2.75, 3.05) is 19.5 Å². The molecule has 0 fully saturated rings. The Morgan fingerprint density at radius 2 is 2.05 bits per heavy atom. The van der Waals surface area contributed by atoms with E-state index in [1.807, 2.05) is 6.07 Å². The van der Waals surface area contributed by atoms with E-state index in [0.29, 0.717) is 23.1 Å². The summed E-state index contributed by atoms with van der Waals surface area (Å²) >= 11 is 6.05. The molecule has 0 heterocycles. The summed E-state index contributed by atoms with van der Waals surface area (Å²) in [5, 5.41) is 3.64. The van der Waals surface area contributed by atoms with Crippen molar-refractivity contribution in [2.24, 2.45) is 5.92 Å². The summed E-state index contributed by atoms with van der Waals surface area (Å²) in [5.41, 5.74) is 0.766. The summed E-state index contributed by atoms with van der Waals surface area (Å²) in [6, 6.07) is 4.93. The van der Waals surface area contributed by atoms with Crippen LogP contribution in [0.15, 0.2) is 18.2 Å². The third-order valence-corrected chi connectivity index (χ3v) is 2.98. The number of esters is 1. The van der Waals surface area contributed by atoms with Gasteiger partial charge in [-0.3, -0.25) is 0 Å². The van der Waals surface area contributed by atoms with Crippen LogP contribution in [0.4, 0.5) is 5.69 Å². The minimum absolute atomic E-state index is 0.277. The van der Waals surface area contributed by atoms with Crippen LogP contribution in [0.25, 0.3) is 0 Å². The summed E-state index contributed by atoms with van der Waals surface area (Å²) < 4.78 is 9.89. The van der Waals surface area contributed by atoms with Gasteiger partial charge in [-0.05, 0) is 30.5 Å². The van der Waals surface area contributed by atoms with Gasteiger partial charge in [0, 0.05) is 5.69 Å². The first-order valence-corrected chi connectivity index (χ1v) is 6.53. The van der Waals surface area contributed by atoms with Crippen molar-refractivity contribution < 1.29 is 14.3 Å². The van der Waals surface area contributed by atoms with Gasteiger partial charge in [-0.2, -0.15) is 0 Å². The zero-order valence-electron chi connectivity index (χ0n) is 11.7. The van der Waals surface area contributed by atoms with Crippen LogP contribution >= 0.6 is 11.6 Å². The van der Waals surface area contributed by atoms with Crippen LogP contribution in [0, 0.1) is 5.92 Å². The lowest BCUT2D eigenvalue weighted by atomic mass is 10.0. The average Bonchev–Trinajstić information content (AvgIpc) is 2.36. The van der Waals surface area contributed by atoms with Gasteiger partial charge in [-0.1, -0.05) is 25.4 Å². The van der Waals surface area contributed by atoms with Crippen LogP contribution in [-0.4, -0.2) is 26.2 Å². The lowest BCUT2D eigenvalue weighted by Gasteiger charge is -2.19. The Morgan fingerprint density at radius 3 is 2.53 bits per heavy atom. The maximum Gasteiger partial charge on any atom is 0.328 e. The molecule has 19 heavy (non-hydrogen) atoms. The number of nitrogens with one attached hydrogen (secondary N) is 1. The molecule has 0 saturated carbocycles. The molecule has 0 aliphatic heterocycles. The van der Waals surface area contributed by atoms with Crippen molar-refractivity contribution in [3.05, 3.63) is 23.2 Å². The molecule has 0 amide bonds. The average molecular weight is 286 g/mol. The molecule has 0 bridgehead atoms. The van der Waals surface area contributed by atoms with Crippen LogP contribution in [0.2, 0.25) is 5.02 Å². The van der Waals surface area contributed by atoms with Crippen molar-refractivity contribution in [1.29, 1.82) is 0 Å². The van der Waals surface area contributed by atoms with Crippen molar-refractivity contribution in [3.8, 4) is 5.75 Å². The van der Waals surface area contributed by atoms with Crippen molar-refractivity contribution in [1.82, 2.24) is 0 Å². The number of ether oxygens (including phenoxy) is 2. The third-order valence-electron chi connectivity index (χ3n) is 2.69. The first-order chi connectivity index (χ1) is 8.97. The normalized spacial score (nSPS) is 12.1. The van der Waals surface area contributed by atoms with Gasteiger partial charge in [0.25, 0.3) is 0 Å². The Balaban J connectivity index is 2.83. The molecule has 1 atom stereocenters. The Kier molecular flexibility index (Phi) is 5.96. The van der Waals surface area contributed by atoms with E-state index < -0.39 is 0 Å². The maximum absolute atomic E-state index is 11.7. The van der Waals surface area contributed by atoms with Gasteiger partial charge < -0.3 is 14.8 Å². The van der Waals surface area contributed by atoms with Crippen LogP contribution in [0.1, 0.15) is 20.3 Å². The third kappa shape index (κ3) is 4.63. The Hall–Kier alpha value is -1.42. The molecule has 1 rings (SSSR count). The summed E-state index contributed by atoms with van der Waals surface area (Å²) in [4.78, 5) is 11.7. The summed E-state index contributed by atoms with van der Waals surface area (Å²) in [6.07, 6.45) is 0.691. The van der Waals surface area contributed by atoms with Crippen molar-refractivity contribution >= 4 is 23.3 Å². The molecule has 1 N–H and O–H groups in total. The standard InChI is InChI=1S/C14H20ClNO3/c1-9(2)7-12(14(17)19-4)16-10-5-6-13(18-3)11(15)8-10/h5-6,8-9,12,16H,7H2,1-4H3/t12-/m1/s1. The summed E-state index contributed by atoms with van der Waals surface area (Å²) in [5.74, 6) is 0.705. The minimum atomic E-state index is -0.380. The smallest absolute Gasteiger partial charge is 0.328 e. The molecule has 0 aliphatic carbocycles. The topological polar surface area (TPSA) is 47.6 Å². The van der Waals surface area contributed by atoms with E-state index >= 15 is 0 Å². The maximum atomic E-state index is 11.7. The molecule has 4 nitrogen and oxygen atoms in total. The lowest BCUT2D eigenvalue weighted by molar-refractivity contribution is -0.141. The van der Waals surface area contributed by atoms with Gasteiger partial charge in [0.05, 0.1) is 19.2 Å². The van der Waals surface area contributed by atoms with Crippen LogP contribution in [0.5, 0.6) is 5.75 Å². The summed E-state index contributed by atoms with van der Waals surface area (Å²) in [6.45, 7) is 4.11. The van der Waals surface area contributed by atoms with E-state index in [0.717, 1.165) is 5.69 Å². The van der Waals surface area contributed by atoms with E-state index in [2.05, 4.69) is 19.2 Å². The van der Waals surface area contributed by atoms with E-state index in [1.165, 1.54) is 7.11 Å². The Labute approximate surface area is 119 Å². The highest BCUT2D eigenvalue weighted by Crippen LogP contribution is 2.28. The monoisotopic (exact) mass is 285 g/mol. The second-order valence-corrected chi connectivity index (χ2v) is 5.11. The van der Waals surface area contributed by atoms with E-state index in [-0.39, 0.29) is 12.0 Å². The second-order valence-electron chi connectivity index (χ2n) is 4.70. The molecular formula is C14H20ClNO3. The Morgan fingerprint density at radius 1 is 1.37 bits per heavy atom. The fourth-order valence-corrected chi connectivity index (χ4v) is 2.04. The highest BCUT2D eigenvalue weighted by atomic mass is 35.5. The minimum Gasteiger partial charge on any atom is -0.495 e. The highest BCUT2D eigenvalue weighted by Gasteiger charge is 2.20. The zero-order chi connectivity index (χ0) is 14.4. The van der Waals surface area contributed by atoms with Gasteiger partial charge >= 0.3 is 5.97 Å². The molecule has 0 spiro atoms. The molecule has 0 unspecified atom stereocenters. The molecule has 0 saturated heterocycles. The number of carbonyl (C=O) groups excluding carboxylic acids is 1. The molecule has 1 aromatic carbocycles. The first kappa shape index (κ1) is 15.6. The molecule has 1 aromatic rings. The molecule has 0 aromatic heterocycles. The van der Waals surface area contributed by atoms with Gasteiger partial charge in [-0.15, -0.1) is 0 Å². The number of halogens is 1. The van der Waals surface area contributed by atoms with Crippen molar-refractivity contribution in [3.63, 3.8) is 0 Å². The number of rotatable bonds is 6. The zero-order valence-corrected chi connectivity index (χ0v) is 12.5. The fourth-order valence-electron chi connectivity index (χ4n) is 1.79. The van der Waals surface area contributed by atoms with Gasteiger partial charge in [0.15, 0.2) is 0 Å². The number of anilines is 1. The molecule has 5 heteroatoms. The fraction of sp³-hybridized carbons (Fsp3) is 0.500. The predicted octanol–water partition coefficient (Wildman–Crippen LogP) is 3.35. The van der Waals surface area contributed by atoms with E-state index in [9.17, 15) is 4.79 Å². The number of methoxy groups -OCH3 is 2. The lowest BCUT2D eigenvalue weighted by Crippen LogP contribution is -2.32. The van der Waals surface area contributed by atoms with Crippen LogP contribution in [0.3, 0.4) is 0 Å².